The maximum atomic E-state index is 9.40. The zero-order chi connectivity index (χ0) is 9.84. The summed E-state index contributed by atoms with van der Waals surface area (Å²) in [7, 11) is 0. The van der Waals surface area contributed by atoms with Gasteiger partial charge in [0.05, 0.1) is 6.61 Å². The van der Waals surface area contributed by atoms with Gasteiger partial charge in [0.2, 0.25) is 0 Å². The summed E-state index contributed by atoms with van der Waals surface area (Å²) in [4.78, 5) is 7.25. The molecule has 1 aromatic heterocycles. The lowest BCUT2D eigenvalue weighted by molar-refractivity contribution is -0.0155. The van der Waals surface area contributed by atoms with Gasteiger partial charge in [-0.15, -0.1) is 0 Å². The molecule has 5 nitrogen and oxygen atoms in total. The van der Waals surface area contributed by atoms with E-state index in [0.717, 1.165) is 0 Å². The molecular formula is C7H9ClN2O3. The number of aliphatic hydroxyl groups is 3. The molecule has 0 amide bonds. The molecule has 1 rings (SSSR count). The predicted molar refractivity (Wildman–Crippen MR) is 45.1 cm³/mol. The number of rotatable bonds is 3. The van der Waals surface area contributed by atoms with Gasteiger partial charge in [0.15, 0.2) is 0 Å². The van der Waals surface area contributed by atoms with E-state index in [1.54, 1.807) is 0 Å². The van der Waals surface area contributed by atoms with Crippen LogP contribution in [0.5, 0.6) is 0 Å². The van der Waals surface area contributed by atoms with E-state index >= 15 is 0 Å². The second kappa shape index (κ2) is 4.48. The Labute approximate surface area is 79.7 Å². The van der Waals surface area contributed by atoms with E-state index in [1.165, 1.54) is 12.5 Å². The molecule has 0 fully saturated rings. The van der Waals surface area contributed by atoms with Crippen LogP contribution in [0.3, 0.4) is 0 Å². The molecule has 0 aliphatic rings. The lowest BCUT2D eigenvalue weighted by atomic mass is 10.1. The van der Waals surface area contributed by atoms with Crippen molar-refractivity contribution in [3.63, 3.8) is 0 Å². The predicted octanol–water partition coefficient (Wildman–Crippen LogP) is -0.483. The van der Waals surface area contributed by atoms with Crippen molar-refractivity contribution in [1.82, 2.24) is 9.97 Å². The molecule has 0 aliphatic heterocycles. The topological polar surface area (TPSA) is 86.5 Å². The molecule has 0 radical (unpaired) electrons. The Hall–Kier alpha value is -0.750. The number of halogens is 1. The molecular weight excluding hydrogens is 196 g/mol. The highest BCUT2D eigenvalue weighted by atomic mass is 35.5. The Morgan fingerprint density at radius 1 is 1.46 bits per heavy atom. The summed E-state index contributed by atoms with van der Waals surface area (Å²) >= 11 is 5.62. The summed E-state index contributed by atoms with van der Waals surface area (Å²) in [6.07, 6.45) is -0.0230. The lowest BCUT2D eigenvalue weighted by Gasteiger charge is -2.15. The molecule has 0 aromatic carbocycles. The average Bonchev–Trinajstić information content (AvgIpc) is 2.16. The monoisotopic (exact) mass is 204 g/mol. The quantitative estimate of drug-likeness (QED) is 0.579. The number of aromatic nitrogens is 2. The minimum atomic E-state index is -1.27. The van der Waals surface area contributed by atoms with E-state index < -0.39 is 18.8 Å². The minimum absolute atomic E-state index is 0.0648. The molecule has 0 bridgehead atoms. The fourth-order valence-corrected chi connectivity index (χ4v) is 1.04. The normalized spacial score (nSPS) is 15.4. The molecule has 6 heteroatoms. The molecule has 0 aliphatic carbocycles. The molecule has 13 heavy (non-hydrogen) atoms. The first-order valence-corrected chi connectivity index (χ1v) is 3.97. The second-order valence-electron chi connectivity index (χ2n) is 2.46. The maximum absolute atomic E-state index is 9.40. The first kappa shape index (κ1) is 10.3. The summed E-state index contributed by atoms with van der Waals surface area (Å²) in [5.41, 5.74) is 0.200. The van der Waals surface area contributed by atoms with Crippen LogP contribution < -0.4 is 0 Å². The van der Waals surface area contributed by atoms with Gasteiger partial charge in [-0.25, -0.2) is 9.97 Å². The molecule has 0 spiro atoms. The Balaban J connectivity index is 2.88. The second-order valence-corrected chi connectivity index (χ2v) is 2.82. The molecule has 1 heterocycles. The van der Waals surface area contributed by atoms with Crippen LogP contribution >= 0.6 is 11.6 Å². The zero-order valence-corrected chi connectivity index (χ0v) is 7.39. The van der Waals surface area contributed by atoms with Crippen LogP contribution in [-0.4, -0.2) is 38.0 Å². The summed E-state index contributed by atoms with van der Waals surface area (Å²) in [5.74, 6) is 0. The standard InChI is InChI=1S/C7H9ClN2O3/c8-7-4(1-9-3-10-7)6(13)5(12)2-11/h1,3,5-6,11-13H,2H2. The maximum Gasteiger partial charge on any atom is 0.138 e. The minimum Gasteiger partial charge on any atom is -0.394 e. The number of nitrogens with zero attached hydrogens (tertiary/aromatic N) is 2. The molecule has 1 aromatic rings. The molecule has 72 valence electrons. The highest BCUT2D eigenvalue weighted by Gasteiger charge is 2.20. The molecule has 2 unspecified atom stereocenters. The van der Waals surface area contributed by atoms with E-state index in [4.69, 9.17) is 21.8 Å². The highest BCUT2D eigenvalue weighted by molar-refractivity contribution is 6.30. The fourth-order valence-electron chi connectivity index (χ4n) is 0.831. The summed E-state index contributed by atoms with van der Waals surface area (Å²) in [6.45, 7) is -0.549. The molecule has 0 saturated heterocycles. The van der Waals surface area contributed by atoms with Crippen molar-refractivity contribution in [2.24, 2.45) is 0 Å². The third kappa shape index (κ3) is 2.35. The van der Waals surface area contributed by atoms with E-state index in [-0.39, 0.29) is 10.7 Å². The SMILES string of the molecule is OCC(O)C(O)c1cncnc1Cl. The molecule has 0 saturated carbocycles. The van der Waals surface area contributed by atoms with Gasteiger partial charge in [-0.1, -0.05) is 11.6 Å². The van der Waals surface area contributed by atoms with Crippen LogP contribution in [0.15, 0.2) is 12.5 Å². The Bertz CT molecular complexity index is 284. The van der Waals surface area contributed by atoms with Gasteiger partial charge < -0.3 is 15.3 Å². The highest BCUT2D eigenvalue weighted by Crippen LogP contribution is 2.21. The van der Waals surface area contributed by atoms with Crippen LogP contribution in [0.25, 0.3) is 0 Å². The van der Waals surface area contributed by atoms with E-state index in [1.807, 2.05) is 0 Å². The van der Waals surface area contributed by atoms with E-state index in [0.29, 0.717) is 0 Å². The van der Waals surface area contributed by atoms with Gasteiger partial charge in [0, 0.05) is 11.8 Å². The van der Waals surface area contributed by atoms with E-state index in [9.17, 15) is 5.11 Å². The van der Waals surface area contributed by atoms with Crippen molar-refractivity contribution >= 4 is 11.6 Å². The fraction of sp³-hybridized carbons (Fsp3) is 0.429. The van der Waals surface area contributed by atoms with Gasteiger partial charge in [-0.05, 0) is 0 Å². The third-order valence-electron chi connectivity index (χ3n) is 1.56. The molecule has 3 N–H and O–H groups in total. The van der Waals surface area contributed by atoms with Crippen molar-refractivity contribution < 1.29 is 15.3 Å². The average molecular weight is 205 g/mol. The first-order chi connectivity index (χ1) is 6.16. The largest absolute Gasteiger partial charge is 0.394 e. The van der Waals surface area contributed by atoms with Crippen molar-refractivity contribution in [2.75, 3.05) is 6.61 Å². The lowest BCUT2D eigenvalue weighted by Crippen LogP contribution is -2.22. The van der Waals surface area contributed by atoms with Gasteiger partial charge in [-0.3, -0.25) is 0 Å². The Morgan fingerprint density at radius 2 is 2.15 bits per heavy atom. The third-order valence-corrected chi connectivity index (χ3v) is 1.88. The Morgan fingerprint density at radius 3 is 2.69 bits per heavy atom. The van der Waals surface area contributed by atoms with Gasteiger partial charge in [0.25, 0.3) is 0 Å². The number of hydrogen-bond acceptors (Lipinski definition) is 5. The summed E-state index contributed by atoms with van der Waals surface area (Å²) in [6, 6.07) is 0. The van der Waals surface area contributed by atoms with Crippen molar-refractivity contribution in [1.29, 1.82) is 0 Å². The van der Waals surface area contributed by atoms with Gasteiger partial charge in [0.1, 0.15) is 23.7 Å². The first-order valence-electron chi connectivity index (χ1n) is 3.59. The van der Waals surface area contributed by atoms with Gasteiger partial charge >= 0.3 is 0 Å². The van der Waals surface area contributed by atoms with Crippen LogP contribution in [0.2, 0.25) is 5.15 Å². The van der Waals surface area contributed by atoms with Crippen molar-refractivity contribution in [2.45, 2.75) is 12.2 Å². The summed E-state index contributed by atoms with van der Waals surface area (Å²) in [5, 5.41) is 27.1. The van der Waals surface area contributed by atoms with Crippen molar-refractivity contribution in [3.8, 4) is 0 Å². The smallest absolute Gasteiger partial charge is 0.138 e. The molecule has 2 atom stereocenters. The van der Waals surface area contributed by atoms with Crippen molar-refractivity contribution in [3.05, 3.63) is 23.2 Å². The zero-order valence-electron chi connectivity index (χ0n) is 6.63. The van der Waals surface area contributed by atoms with Gasteiger partial charge in [-0.2, -0.15) is 0 Å². The van der Waals surface area contributed by atoms with E-state index in [2.05, 4.69) is 9.97 Å². The van der Waals surface area contributed by atoms with Crippen LogP contribution in [0, 0.1) is 0 Å². The Kier molecular flexibility index (Phi) is 3.56. The van der Waals surface area contributed by atoms with Crippen LogP contribution in [0.4, 0.5) is 0 Å². The van der Waals surface area contributed by atoms with Crippen LogP contribution in [0.1, 0.15) is 11.7 Å². The number of hydrogen-bond donors (Lipinski definition) is 3. The van der Waals surface area contributed by atoms with Crippen LogP contribution in [-0.2, 0) is 0 Å². The summed E-state index contributed by atoms with van der Waals surface area (Å²) < 4.78 is 0. The number of aliphatic hydroxyl groups excluding tert-OH is 3.